The third-order valence-corrected chi connectivity index (χ3v) is 4.91. The molecule has 0 saturated carbocycles. The van der Waals surface area contributed by atoms with E-state index in [9.17, 15) is 8.42 Å². The lowest BCUT2D eigenvalue weighted by molar-refractivity contribution is 0.297. The van der Waals surface area contributed by atoms with Gasteiger partial charge in [-0.1, -0.05) is 0 Å². The van der Waals surface area contributed by atoms with Gasteiger partial charge in [-0.3, -0.25) is 0 Å². The van der Waals surface area contributed by atoms with Crippen LogP contribution < -0.4 is 5.32 Å². The fourth-order valence-electron chi connectivity index (χ4n) is 2.05. The smallest absolute Gasteiger partial charge is 0.278 e. The molecule has 0 unspecified atom stereocenters. The molecule has 0 amide bonds. The van der Waals surface area contributed by atoms with E-state index < -0.39 is 10.0 Å². The third kappa shape index (κ3) is 2.68. The highest BCUT2D eigenvalue weighted by atomic mass is 32.2. The largest absolute Gasteiger partial charge is 0.317 e. The predicted octanol–water partition coefficient (Wildman–Crippen LogP) is 0.158. The number of piperidine rings is 1. The quantitative estimate of drug-likeness (QED) is 0.792. The summed E-state index contributed by atoms with van der Waals surface area (Å²) in [4.78, 5) is 7.87. The highest BCUT2D eigenvalue weighted by Crippen LogP contribution is 2.18. The highest BCUT2D eigenvalue weighted by molar-refractivity contribution is 7.88. The lowest BCUT2D eigenvalue weighted by Crippen LogP contribution is -2.44. The topological polar surface area (TPSA) is 75.2 Å². The van der Waals surface area contributed by atoms with Gasteiger partial charge in [0.15, 0.2) is 0 Å². The number of nitrogens with zero attached hydrogens (tertiary/aromatic N) is 3. The molecule has 0 aliphatic carbocycles. The Morgan fingerprint density at radius 1 is 1.39 bits per heavy atom. The number of rotatable bonds is 3. The van der Waals surface area contributed by atoms with Gasteiger partial charge in [0.2, 0.25) is 0 Å². The lowest BCUT2D eigenvalue weighted by Gasteiger charge is -2.30. The normalized spacial score (nSPS) is 19.0. The van der Waals surface area contributed by atoms with Gasteiger partial charge in [-0.2, -0.15) is 4.31 Å². The number of nitrogens with one attached hydrogen (secondary N) is 1. The molecule has 0 spiro atoms. The number of hydrogen-bond acceptors (Lipinski definition) is 5. The first-order valence-electron chi connectivity index (χ1n) is 6.01. The van der Waals surface area contributed by atoms with Crippen molar-refractivity contribution in [1.82, 2.24) is 19.6 Å². The van der Waals surface area contributed by atoms with Crippen molar-refractivity contribution < 1.29 is 8.42 Å². The first kappa shape index (κ1) is 13.4. The van der Waals surface area contributed by atoms with Gasteiger partial charge < -0.3 is 5.32 Å². The van der Waals surface area contributed by atoms with E-state index in [1.807, 2.05) is 7.05 Å². The minimum Gasteiger partial charge on any atom is -0.317 e. The van der Waals surface area contributed by atoms with Crippen LogP contribution in [-0.4, -0.2) is 48.9 Å². The Balaban J connectivity index is 2.17. The summed E-state index contributed by atoms with van der Waals surface area (Å²) in [5, 5.41) is 3.08. The Labute approximate surface area is 107 Å². The second-order valence-electron chi connectivity index (χ2n) is 4.45. The van der Waals surface area contributed by atoms with Crippen molar-refractivity contribution in [1.29, 1.82) is 0 Å². The van der Waals surface area contributed by atoms with Crippen molar-refractivity contribution in [3.63, 3.8) is 0 Å². The van der Waals surface area contributed by atoms with E-state index in [1.54, 1.807) is 13.0 Å². The van der Waals surface area contributed by atoms with Crippen molar-refractivity contribution in [2.24, 2.45) is 0 Å². The third-order valence-electron chi connectivity index (χ3n) is 3.21. The summed E-state index contributed by atoms with van der Waals surface area (Å²) < 4.78 is 26.1. The monoisotopic (exact) mass is 270 g/mol. The lowest BCUT2D eigenvalue weighted by atomic mass is 10.1. The zero-order valence-electron chi connectivity index (χ0n) is 10.6. The van der Waals surface area contributed by atoms with Gasteiger partial charge in [0.1, 0.15) is 0 Å². The Morgan fingerprint density at radius 2 is 2.06 bits per heavy atom. The highest BCUT2D eigenvalue weighted by Gasteiger charge is 2.30. The van der Waals surface area contributed by atoms with Crippen molar-refractivity contribution in [3.05, 3.63) is 18.0 Å². The zero-order chi connectivity index (χ0) is 13.2. The van der Waals surface area contributed by atoms with Gasteiger partial charge in [0, 0.05) is 31.0 Å². The molecule has 1 fully saturated rings. The SMILES string of the molecule is CNC1CCN(S(=O)(=O)c2nccc(C)n2)CC1. The van der Waals surface area contributed by atoms with Crippen molar-refractivity contribution in [2.45, 2.75) is 31.0 Å². The molecule has 7 heteroatoms. The average Bonchev–Trinajstić information content (AvgIpc) is 2.39. The molecular weight excluding hydrogens is 252 g/mol. The second kappa shape index (κ2) is 5.29. The van der Waals surface area contributed by atoms with Gasteiger partial charge in [-0.05, 0) is 32.9 Å². The minimum atomic E-state index is -3.53. The van der Waals surface area contributed by atoms with Crippen LogP contribution in [0.2, 0.25) is 0 Å². The Bertz CT molecular complexity index is 510. The van der Waals surface area contributed by atoms with E-state index in [4.69, 9.17) is 0 Å². The maximum absolute atomic E-state index is 12.3. The fraction of sp³-hybridized carbons (Fsp3) is 0.636. The van der Waals surface area contributed by atoms with Crippen LogP contribution >= 0.6 is 0 Å². The van der Waals surface area contributed by atoms with Crippen LogP contribution in [0, 0.1) is 6.92 Å². The summed E-state index contributed by atoms with van der Waals surface area (Å²) >= 11 is 0. The second-order valence-corrected chi connectivity index (χ2v) is 6.28. The molecule has 0 radical (unpaired) electrons. The standard InChI is InChI=1S/C11H18N4O2S/c1-9-3-6-13-11(14-9)18(16,17)15-7-4-10(12-2)5-8-15/h3,6,10,12H,4-5,7-8H2,1-2H3. The number of hydrogen-bond donors (Lipinski definition) is 1. The van der Waals surface area contributed by atoms with Crippen LogP contribution in [0.3, 0.4) is 0 Å². The van der Waals surface area contributed by atoms with Crippen LogP contribution in [0.25, 0.3) is 0 Å². The van der Waals surface area contributed by atoms with E-state index in [-0.39, 0.29) is 5.16 Å². The molecule has 0 bridgehead atoms. The summed E-state index contributed by atoms with van der Waals surface area (Å²) in [7, 11) is -1.63. The van der Waals surface area contributed by atoms with E-state index in [0.29, 0.717) is 24.8 Å². The van der Waals surface area contributed by atoms with Crippen molar-refractivity contribution in [2.75, 3.05) is 20.1 Å². The Kier molecular flexibility index (Phi) is 3.94. The Morgan fingerprint density at radius 3 is 2.61 bits per heavy atom. The average molecular weight is 270 g/mol. The first-order chi connectivity index (χ1) is 8.54. The fourth-order valence-corrected chi connectivity index (χ4v) is 3.43. The van der Waals surface area contributed by atoms with E-state index in [0.717, 1.165) is 12.8 Å². The van der Waals surface area contributed by atoms with Gasteiger partial charge >= 0.3 is 0 Å². The van der Waals surface area contributed by atoms with Crippen LogP contribution in [0.15, 0.2) is 17.4 Å². The number of sulfonamides is 1. The molecule has 100 valence electrons. The molecule has 0 aromatic carbocycles. The molecule has 2 heterocycles. The molecule has 0 atom stereocenters. The maximum atomic E-state index is 12.3. The molecule has 1 aliphatic heterocycles. The van der Waals surface area contributed by atoms with Crippen LogP contribution in [0.5, 0.6) is 0 Å². The molecule has 2 rings (SSSR count). The van der Waals surface area contributed by atoms with E-state index in [1.165, 1.54) is 10.5 Å². The van der Waals surface area contributed by atoms with Crippen LogP contribution in [0.1, 0.15) is 18.5 Å². The van der Waals surface area contributed by atoms with Gasteiger partial charge in [-0.15, -0.1) is 0 Å². The molecule has 6 nitrogen and oxygen atoms in total. The van der Waals surface area contributed by atoms with E-state index >= 15 is 0 Å². The summed E-state index contributed by atoms with van der Waals surface area (Å²) in [6.07, 6.45) is 3.12. The summed E-state index contributed by atoms with van der Waals surface area (Å²) in [6.45, 7) is 2.80. The van der Waals surface area contributed by atoms with Crippen molar-refractivity contribution >= 4 is 10.0 Å². The Hall–Kier alpha value is -1.05. The zero-order valence-corrected chi connectivity index (χ0v) is 11.4. The molecule has 1 N–H and O–H groups in total. The van der Waals surface area contributed by atoms with E-state index in [2.05, 4.69) is 15.3 Å². The summed E-state index contributed by atoms with van der Waals surface area (Å²) in [5.74, 6) is 0. The van der Waals surface area contributed by atoms with Crippen LogP contribution in [0.4, 0.5) is 0 Å². The molecule has 1 aromatic heterocycles. The predicted molar refractivity (Wildman–Crippen MR) is 67.6 cm³/mol. The van der Waals surface area contributed by atoms with Gasteiger partial charge in [-0.25, -0.2) is 18.4 Å². The van der Waals surface area contributed by atoms with Gasteiger partial charge in [0.25, 0.3) is 15.2 Å². The molecule has 1 aliphatic rings. The van der Waals surface area contributed by atoms with Crippen LogP contribution in [-0.2, 0) is 10.0 Å². The summed E-state index contributed by atoms with van der Waals surface area (Å²) in [5.41, 5.74) is 0.661. The number of aromatic nitrogens is 2. The summed E-state index contributed by atoms with van der Waals surface area (Å²) in [6, 6.07) is 2.08. The molecule has 1 aromatic rings. The molecule has 18 heavy (non-hydrogen) atoms. The maximum Gasteiger partial charge on any atom is 0.278 e. The van der Waals surface area contributed by atoms with Crippen molar-refractivity contribution in [3.8, 4) is 0 Å². The first-order valence-corrected chi connectivity index (χ1v) is 7.45. The van der Waals surface area contributed by atoms with Gasteiger partial charge in [0.05, 0.1) is 0 Å². The molecule has 1 saturated heterocycles. The molecular formula is C11H18N4O2S. The minimum absolute atomic E-state index is 0.0922. The number of aryl methyl sites for hydroxylation is 1.